The molecule has 0 aromatic heterocycles. The number of hydrogen-bond acceptors (Lipinski definition) is 2. The summed E-state index contributed by atoms with van der Waals surface area (Å²) in [5.74, 6) is 2.47. The van der Waals surface area contributed by atoms with E-state index >= 15 is 0 Å². The third-order valence-corrected chi connectivity index (χ3v) is 9.35. The van der Waals surface area contributed by atoms with E-state index in [0.29, 0.717) is 34.5 Å². The maximum Gasteiger partial charge on any atom is 0.181 e. The van der Waals surface area contributed by atoms with Gasteiger partial charge >= 0.3 is 0 Å². The second-order valence-corrected chi connectivity index (χ2v) is 12.3. The maximum absolute atomic E-state index is 13.5. The quantitative estimate of drug-likeness (QED) is 0.581. The second kappa shape index (κ2) is 6.67. The SMILES string of the molecule is CC(C)CC12CC(C)C(C1C(C)C)C(S(=O)(=O)c1ccc(Br)cc1)C2. The average Bonchev–Trinajstić information content (AvgIpc) is 2.95. The first-order valence-electron chi connectivity index (χ1n) is 9.58. The van der Waals surface area contributed by atoms with Crippen molar-refractivity contribution in [3.8, 4) is 0 Å². The Balaban J connectivity index is 2.02. The minimum absolute atomic E-state index is 0.208. The lowest BCUT2D eigenvalue weighted by Crippen LogP contribution is -2.34. The molecule has 0 spiro atoms. The first kappa shape index (κ1) is 19.4. The third kappa shape index (κ3) is 3.22. The largest absolute Gasteiger partial charge is 0.223 e. The fourth-order valence-electron chi connectivity index (χ4n) is 6.41. The fraction of sp³-hybridized carbons (Fsp3) is 0.714. The minimum atomic E-state index is -3.28. The monoisotopic (exact) mass is 426 g/mol. The molecular weight excluding hydrogens is 396 g/mol. The van der Waals surface area contributed by atoms with Crippen LogP contribution in [0.4, 0.5) is 0 Å². The summed E-state index contributed by atoms with van der Waals surface area (Å²) >= 11 is 3.41. The molecule has 0 N–H and O–H groups in total. The zero-order valence-corrected chi connectivity index (χ0v) is 18.4. The average molecular weight is 427 g/mol. The maximum atomic E-state index is 13.5. The van der Waals surface area contributed by atoms with Crippen LogP contribution in [0.3, 0.4) is 0 Å². The molecule has 140 valence electrons. The van der Waals surface area contributed by atoms with Crippen LogP contribution in [0.2, 0.25) is 0 Å². The Labute approximate surface area is 161 Å². The second-order valence-electron chi connectivity index (χ2n) is 9.23. The van der Waals surface area contributed by atoms with Crippen molar-refractivity contribution in [2.75, 3.05) is 0 Å². The highest BCUT2D eigenvalue weighted by atomic mass is 79.9. The summed E-state index contributed by atoms with van der Waals surface area (Å²) < 4.78 is 27.8. The Morgan fingerprint density at radius 1 is 1.12 bits per heavy atom. The van der Waals surface area contributed by atoms with Crippen molar-refractivity contribution in [1.29, 1.82) is 0 Å². The third-order valence-electron chi connectivity index (χ3n) is 6.62. The topological polar surface area (TPSA) is 34.1 Å². The summed E-state index contributed by atoms with van der Waals surface area (Å²) in [5, 5.41) is -0.219. The number of hydrogen-bond donors (Lipinski definition) is 0. The highest BCUT2D eigenvalue weighted by Gasteiger charge is 2.64. The molecule has 5 unspecified atom stereocenters. The van der Waals surface area contributed by atoms with Gasteiger partial charge in [0.15, 0.2) is 9.84 Å². The van der Waals surface area contributed by atoms with Gasteiger partial charge in [0.1, 0.15) is 0 Å². The normalized spacial score (nSPS) is 35.0. The van der Waals surface area contributed by atoms with Gasteiger partial charge < -0.3 is 0 Å². The molecule has 2 aliphatic carbocycles. The van der Waals surface area contributed by atoms with E-state index < -0.39 is 9.84 Å². The van der Waals surface area contributed by atoms with Crippen molar-refractivity contribution in [3.05, 3.63) is 28.7 Å². The molecule has 4 heteroatoms. The summed E-state index contributed by atoms with van der Waals surface area (Å²) in [6.45, 7) is 11.4. The van der Waals surface area contributed by atoms with Gasteiger partial charge in [-0.05, 0) is 78.5 Å². The lowest BCUT2D eigenvalue weighted by molar-refractivity contribution is 0.135. The van der Waals surface area contributed by atoms with E-state index in [4.69, 9.17) is 0 Å². The van der Waals surface area contributed by atoms with Crippen LogP contribution in [-0.4, -0.2) is 13.7 Å². The van der Waals surface area contributed by atoms with Crippen molar-refractivity contribution in [3.63, 3.8) is 0 Å². The van der Waals surface area contributed by atoms with Crippen molar-refractivity contribution < 1.29 is 8.42 Å². The van der Waals surface area contributed by atoms with Gasteiger partial charge in [-0.2, -0.15) is 0 Å². The molecule has 1 aromatic carbocycles. The predicted octanol–water partition coefficient (Wildman–Crippen LogP) is 5.96. The number of halogens is 1. The van der Waals surface area contributed by atoms with E-state index in [1.165, 1.54) is 6.42 Å². The van der Waals surface area contributed by atoms with Crippen molar-refractivity contribution in [1.82, 2.24) is 0 Å². The molecule has 0 radical (unpaired) electrons. The molecule has 0 saturated heterocycles. The summed E-state index contributed by atoms with van der Waals surface area (Å²) in [6, 6.07) is 7.20. The molecule has 0 amide bonds. The highest BCUT2D eigenvalue weighted by Crippen LogP contribution is 2.67. The Hall–Kier alpha value is -0.350. The Morgan fingerprint density at radius 3 is 2.24 bits per heavy atom. The van der Waals surface area contributed by atoms with Crippen LogP contribution in [0.5, 0.6) is 0 Å². The molecule has 5 atom stereocenters. The smallest absolute Gasteiger partial charge is 0.181 e. The summed E-state index contributed by atoms with van der Waals surface area (Å²) in [4.78, 5) is 0.489. The van der Waals surface area contributed by atoms with Crippen molar-refractivity contribution in [2.45, 2.75) is 64.0 Å². The van der Waals surface area contributed by atoms with Crippen molar-refractivity contribution >= 4 is 25.8 Å². The molecule has 2 fully saturated rings. The summed E-state index contributed by atoms with van der Waals surface area (Å²) in [7, 11) is -3.28. The molecule has 0 heterocycles. The van der Waals surface area contributed by atoms with E-state index in [-0.39, 0.29) is 10.7 Å². The van der Waals surface area contributed by atoms with Crippen molar-refractivity contribution in [2.24, 2.45) is 35.0 Å². The summed E-state index contributed by atoms with van der Waals surface area (Å²) in [5.41, 5.74) is 0.208. The van der Waals surface area contributed by atoms with Gasteiger partial charge in [-0.25, -0.2) is 8.42 Å². The minimum Gasteiger partial charge on any atom is -0.223 e. The Kier molecular flexibility index (Phi) is 5.18. The van der Waals surface area contributed by atoms with Crippen LogP contribution in [-0.2, 0) is 9.84 Å². The number of benzene rings is 1. The van der Waals surface area contributed by atoms with Crippen LogP contribution in [0.1, 0.15) is 53.9 Å². The zero-order chi connectivity index (χ0) is 18.6. The van der Waals surface area contributed by atoms with E-state index in [9.17, 15) is 8.42 Å². The Bertz CT molecular complexity index is 723. The molecule has 2 aliphatic rings. The van der Waals surface area contributed by atoms with E-state index in [0.717, 1.165) is 17.3 Å². The number of fused-ring (bicyclic) bond motifs is 2. The zero-order valence-electron chi connectivity index (χ0n) is 16.0. The molecule has 2 nitrogen and oxygen atoms in total. The molecule has 2 bridgehead atoms. The van der Waals surface area contributed by atoms with Gasteiger partial charge in [-0.3, -0.25) is 0 Å². The highest BCUT2D eigenvalue weighted by molar-refractivity contribution is 9.10. The van der Waals surface area contributed by atoms with Crippen LogP contribution in [0.15, 0.2) is 33.6 Å². The molecular formula is C21H31BrO2S. The van der Waals surface area contributed by atoms with Gasteiger partial charge in [0.2, 0.25) is 0 Å². The van der Waals surface area contributed by atoms with Crippen LogP contribution >= 0.6 is 15.9 Å². The molecule has 2 saturated carbocycles. The van der Waals surface area contributed by atoms with Crippen LogP contribution in [0.25, 0.3) is 0 Å². The number of sulfone groups is 1. The van der Waals surface area contributed by atoms with Gasteiger partial charge in [0.05, 0.1) is 10.1 Å². The Morgan fingerprint density at radius 2 is 1.72 bits per heavy atom. The van der Waals surface area contributed by atoms with E-state index in [1.54, 1.807) is 12.1 Å². The van der Waals surface area contributed by atoms with E-state index in [1.807, 2.05) is 12.1 Å². The lowest BCUT2D eigenvalue weighted by Gasteiger charge is -2.36. The van der Waals surface area contributed by atoms with Gasteiger partial charge in [0.25, 0.3) is 0 Å². The first-order valence-corrected chi connectivity index (χ1v) is 11.9. The predicted molar refractivity (Wildman–Crippen MR) is 107 cm³/mol. The first-order chi connectivity index (χ1) is 11.6. The van der Waals surface area contributed by atoms with Gasteiger partial charge in [0, 0.05) is 4.47 Å². The van der Waals surface area contributed by atoms with Gasteiger partial charge in [-0.15, -0.1) is 0 Å². The van der Waals surface area contributed by atoms with Crippen LogP contribution < -0.4 is 0 Å². The van der Waals surface area contributed by atoms with Crippen LogP contribution in [0, 0.1) is 35.0 Å². The summed E-state index contributed by atoms with van der Waals surface area (Å²) in [6.07, 6.45) is 3.20. The number of rotatable bonds is 5. The molecule has 1 aromatic rings. The molecule has 0 aliphatic heterocycles. The van der Waals surface area contributed by atoms with E-state index in [2.05, 4.69) is 50.5 Å². The lowest BCUT2D eigenvalue weighted by atomic mass is 9.69. The molecule has 3 rings (SSSR count). The molecule has 25 heavy (non-hydrogen) atoms. The van der Waals surface area contributed by atoms with Gasteiger partial charge in [-0.1, -0.05) is 50.5 Å². The fourth-order valence-corrected chi connectivity index (χ4v) is 8.94. The standard InChI is InChI=1S/C21H31BrO2S/c1-13(2)10-21-11-15(5)19(20(21)14(3)4)18(12-21)25(23,24)17-8-6-16(22)7-9-17/h6-9,13-15,18-20H,10-12H2,1-5H3.